The molecule has 0 spiro atoms. The number of nitrogens with two attached hydrogens (primary N) is 1. The summed E-state index contributed by atoms with van der Waals surface area (Å²) < 4.78 is 1.47. The van der Waals surface area contributed by atoms with Crippen LogP contribution in [0.4, 0.5) is 5.95 Å². The smallest absolute Gasteiger partial charge is 0.302 e. The van der Waals surface area contributed by atoms with E-state index in [-0.39, 0.29) is 24.0 Å². The second-order valence-corrected chi connectivity index (χ2v) is 5.26. The summed E-state index contributed by atoms with van der Waals surface area (Å²) in [7, 11) is 0. The zero-order valence-electron chi connectivity index (χ0n) is 12.7. The Balaban J connectivity index is 2.51. The van der Waals surface area contributed by atoms with Gasteiger partial charge in [-0.3, -0.25) is 4.79 Å². The third kappa shape index (κ3) is 3.29. The molecular formula is C13H19N5O5. The average molecular weight is 325 g/mol. The third-order valence-electron chi connectivity index (χ3n) is 3.66. The molecule has 0 saturated heterocycles. The molecule has 0 aromatic rings. The van der Waals surface area contributed by atoms with E-state index < -0.39 is 30.5 Å². The number of anilines is 1. The van der Waals surface area contributed by atoms with E-state index in [4.69, 9.17) is 10.8 Å². The first-order chi connectivity index (χ1) is 10.8. The molecular weight excluding hydrogens is 306 g/mol. The van der Waals surface area contributed by atoms with E-state index >= 15 is 0 Å². The van der Waals surface area contributed by atoms with E-state index in [0.717, 1.165) is 0 Å². The largest absolute Gasteiger partial charge is 0.394 e. The van der Waals surface area contributed by atoms with Gasteiger partial charge in [0.15, 0.2) is 11.5 Å². The van der Waals surface area contributed by atoms with Crippen molar-refractivity contribution in [3.63, 3.8) is 0 Å². The van der Waals surface area contributed by atoms with Crippen LogP contribution in [0.2, 0.25) is 0 Å². The Morgan fingerprint density at radius 1 is 1.13 bits per heavy atom. The van der Waals surface area contributed by atoms with Crippen molar-refractivity contribution >= 4 is 5.95 Å². The lowest BCUT2D eigenvalue weighted by Crippen LogP contribution is -2.42. The Morgan fingerprint density at radius 3 is 2.39 bits per heavy atom. The van der Waals surface area contributed by atoms with E-state index in [1.54, 1.807) is 13.8 Å². The van der Waals surface area contributed by atoms with Gasteiger partial charge < -0.3 is 30.7 Å². The Labute approximate surface area is 131 Å². The molecule has 0 fully saturated rings. The van der Waals surface area contributed by atoms with Crippen LogP contribution in [-0.2, 0) is 6.54 Å². The Kier molecular flexibility index (Phi) is 4.90. The van der Waals surface area contributed by atoms with Crippen molar-refractivity contribution in [3.8, 4) is 11.5 Å². The lowest BCUT2D eigenvalue weighted by molar-refractivity contribution is -0.0807. The van der Waals surface area contributed by atoms with Gasteiger partial charge in [0.1, 0.15) is 18.3 Å². The molecule has 0 unspecified atom stereocenters. The maximum atomic E-state index is 11.9. The highest BCUT2D eigenvalue weighted by Gasteiger charge is 2.27. The number of hydrogen-bond donors (Lipinski definition) is 5. The van der Waals surface area contributed by atoms with E-state index in [1.165, 1.54) is 4.57 Å². The van der Waals surface area contributed by atoms with Gasteiger partial charge in [-0.15, -0.1) is 0 Å². The van der Waals surface area contributed by atoms with Crippen LogP contribution in [0.15, 0.2) is 4.79 Å². The summed E-state index contributed by atoms with van der Waals surface area (Å²) in [5.41, 5.74) is 5.96. The SMILES string of the molecule is Cc1nc2c(=O)nc(N)nc-2n(C[C@H](O)[C@H](O)[C@H](O)CO)c1C. The van der Waals surface area contributed by atoms with Crippen LogP contribution in [-0.4, -0.2) is 64.9 Å². The first-order valence-electron chi connectivity index (χ1n) is 6.92. The Bertz CT molecular complexity index is 734. The summed E-state index contributed by atoms with van der Waals surface area (Å²) in [5.74, 6) is -0.109. The molecule has 2 heterocycles. The molecule has 0 bridgehead atoms. The standard InChI is InChI=1S/C13H19N5O5/c1-5-6(2)18(3-7(20)10(22)8(21)4-19)11-9(15-5)12(23)17-13(14)16-11/h7-8,10,19-22H,3-4H2,1-2H3,(H2,14,17,23)/t7-,8+,10-/m0/s1. The fourth-order valence-corrected chi connectivity index (χ4v) is 2.21. The molecule has 2 aliphatic heterocycles. The highest BCUT2D eigenvalue weighted by molar-refractivity contribution is 5.53. The van der Waals surface area contributed by atoms with Gasteiger partial charge in [-0.25, -0.2) is 4.98 Å². The quantitative estimate of drug-likeness (QED) is 0.396. The zero-order valence-corrected chi connectivity index (χ0v) is 12.7. The van der Waals surface area contributed by atoms with E-state index in [2.05, 4.69) is 15.0 Å². The molecule has 2 aliphatic rings. The van der Waals surface area contributed by atoms with Gasteiger partial charge in [0.05, 0.1) is 18.8 Å². The van der Waals surface area contributed by atoms with Gasteiger partial charge in [-0.1, -0.05) is 0 Å². The van der Waals surface area contributed by atoms with Crippen LogP contribution in [0.3, 0.4) is 0 Å². The van der Waals surface area contributed by atoms with Crippen molar-refractivity contribution in [2.75, 3.05) is 12.3 Å². The van der Waals surface area contributed by atoms with Gasteiger partial charge in [0.2, 0.25) is 5.95 Å². The molecule has 0 radical (unpaired) electrons. The number of aliphatic hydroxyl groups is 4. The second-order valence-electron chi connectivity index (χ2n) is 5.26. The van der Waals surface area contributed by atoms with Crippen LogP contribution in [0.5, 0.6) is 0 Å². The van der Waals surface area contributed by atoms with Crippen LogP contribution >= 0.6 is 0 Å². The normalized spacial score (nSPS) is 15.6. The summed E-state index contributed by atoms with van der Waals surface area (Å²) in [6, 6.07) is 0. The molecule has 126 valence electrons. The molecule has 0 saturated carbocycles. The van der Waals surface area contributed by atoms with Gasteiger partial charge >= 0.3 is 5.56 Å². The fraction of sp³-hybridized carbons (Fsp3) is 0.538. The number of aliphatic hydroxyl groups excluding tert-OH is 4. The number of nitrogen functional groups attached to an aromatic ring is 1. The molecule has 10 heteroatoms. The second kappa shape index (κ2) is 6.54. The predicted octanol–water partition coefficient (Wildman–Crippen LogP) is -2.59. The number of rotatable bonds is 5. The molecule has 0 aromatic heterocycles. The molecule has 0 amide bonds. The zero-order chi connectivity index (χ0) is 17.3. The lowest BCUT2D eigenvalue weighted by atomic mass is 10.1. The minimum Gasteiger partial charge on any atom is -0.394 e. The van der Waals surface area contributed by atoms with Gasteiger partial charge in [0.25, 0.3) is 0 Å². The maximum Gasteiger partial charge on any atom is 0.302 e. The number of nitrogens with zero attached hydrogens (tertiary/aromatic N) is 4. The van der Waals surface area contributed by atoms with Crippen LogP contribution in [0.1, 0.15) is 11.4 Å². The fourth-order valence-electron chi connectivity index (χ4n) is 2.21. The lowest BCUT2D eigenvalue weighted by Gasteiger charge is -2.25. The third-order valence-corrected chi connectivity index (χ3v) is 3.66. The molecule has 2 rings (SSSR count). The van der Waals surface area contributed by atoms with Crippen LogP contribution in [0, 0.1) is 13.8 Å². The van der Waals surface area contributed by atoms with Gasteiger partial charge in [-0.05, 0) is 13.8 Å². The van der Waals surface area contributed by atoms with Crippen molar-refractivity contribution < 1.29 is 20.4 Å². The first kappa shape index (κ1) is 17.2. The molecule has 0 aromatic carbocycles. The Morgan fingerprint density at radius 2 is 1.78 bits per heavy atom. The minimum atomic E-state index is -1.57. The van der Waals surface area contributed by atoms with Crippen LogP contribution < -0.4 is 11.3 Å². The van der Waals surface area contributed by atoms with E-state index in [0.29, 0.717) is 11.4 Å². The van der Waals surface area contributed by atoms with Gasteiger partial charge in [0, 0.05) is 5.69 Å². The predicted molar refractivity (Wildman–Crippen MR) is 79.7 cm³/mol. The summed E-state index contributed by atoms with van der Waals surface area (Å²) in [5, 5.41) is 38.1. The topological polar surface area (TPSA) is 168 Å². The highest BCUT2D eigenvalue weighted by Crippen LogP contribution is 2.19. The van der Waals surface area contributed by atoms with Crippen molar-refractivity contribution in [1.29, 1.82) is 0 Å². The summed E-state index contributed by atoms with van der Waals surface area (Å²) >= 11 is 0. The van der Waals surface area contributed by atoms with Crippen molar-refractivity contribution in [2.24, 2.45) is 0 Å². The summed E-state index contributed by atoms with van der Waals surface area (Å²) in [4.78, 5) is 23.5. The van der Waals surface area contributed by atoms with Gasteiger partial charge in [-0.2, -0.15) is 9.97 Å². The molecule has 23 heavy (non-hydrogen) atoms. The number of fused-ring (bicyclic) bond motifs is 1. The van der Waals surface area contributed by atoms with Crippen molar-refractivity contribution in [1.82, 2.24) is 19.5 Å². The summed E-state index contributed by atoms with van der Waals surface area (Å²) in [6.45, 7) is 2.50. The number of hydrogen-bond acceptors (Lipinski definition) is 9. The first-order valence-corrected chi connectivity index (χ1v) is 6.92. The molecule has 10 nitrogen and oxygen atoms in total. The monoisotopic (exact) mass is 325 g/mol. The molecule has 3 atom stereocenters. The maximum absolute atomic E-state index is 11.9. The van der Waals surface area contributed by atoms with E-state index in [1.807, 2.05) is 0 Å². The Hall–Kier alpha value is -2.14. The minimum absolute atomic E-state index is 0.00769. The van der Waals surface area contributed by atoms with Crippen molar-refractivity contribution in [2.45, 2.75) is 38.7 Å². The summed E-state index contributed by atoms with van der Waals surface area (Å²) in [6.07, 6.45) is -4.46. The average Bonchev–Trinajstić information content (AvgIpc) is 2.51. The van der Waals surface area contributed by atoms with Crippen molar-refractivity contribution in [3.05, 3.63) is 21.7 Å². The highest BCUT2D eigenvalue weighted by atomic mass is 16.4. The number of aryl methyl sites for hydroxylation is 1. The molecule has 6 N–H and O–H groups in total. The van der Waals surface area contributed by atoms with Crippen LogP contribution in [0.25, 0.3) is 11.5 Å². The molecule has 0 aliphatic carbocycles. The number of aromatic nitrogens is 4. The van der Waals surface area contributed by atoms with E-state index in [9.17, 15) is 20.1 Å².